The molecule has 3 nitrogen and oxygen atoms in total. The Hall–Kier alpha value is -2.29. The van der Waals surface area contributed by atoms with Crippen LogP contribution >= 0.6 is 0 Å². The highest BCUT2D eigenvalue weighted by Crippen LogP contribution is 2.13. The van der Waals surface area contributed by atoms with Gasteiger partial charge in [0.1, 0.15) is 0 Å². The number of carbonyl (C=O) groups excluding carboxylic acids is 1. The van der Waals surface area contributed by atoms with Crippen molar-refractivity contribution < 1.29 is 9.53 Å². The molecule has 0 heterocycles. The number of nitrogens with two attached hydrogens (primary N) is 1. The standard InChI is InChI=1S/C16H17NO2/c1-2-19-16(18)14-7-3-12(4-8-14)11-13-5-9-15(17)10-6-13/h3-10H,2,11,17H2,1H3. The average molecular weight is 255 g/mol. The summed E-state index contributed by atoms with van der Waals surface area (Å²) in [5.74, 6) is -0.276. The van der Waals surface area contributed by atoms with Gasteiger partial charge in [-0.05, 0) is 48.7 Å². The molecule has 3 heteroatoms. The molecule has 0 aliphatic heterocycles. The van der Waals surface area contributed by atoms with Crippen LogP contribution in [0.4, 0.5) is 5.69 Å². The first-order valence-corrected chi connectivity index (χ1v) is 6.29. The van der Waals surface area contributed by atoms with Crippen LogP contribution in [0.2, 0.25) is 0 Å². The van der Waals surface area contributed by atoms with Gasteiger partial charge in [-0.2, -0.15) is 0 Å². The molecular weight excluding hydrogens is 238 g/mol. The van der Waals surface area contributed by atoms with Crippen LogP contribution in [0.15, 0.2) is 48.5 Å². The largest absolute Gasteiger partial charge is 0.462 e. The molecule has 0 aliphatic carbocycles. The summed E-state index contributed by atoms with van der Waals surface area (Å²) in [6.07, 6.45) is 0.823. The Balaban J connectivity index is 2.06. The number of esters is 1. The fourth-order valence-corrected chi connectivity index (χ4v) is 1.84. The first-order chi connectivity index (χ1) is 9.19. The second kappa shape index (κ2) is 6.05. The first-order valence-electron chi connectivity index (χ1n) is 6.29. The van der Waals surface area contributed by atoms with Gasteiger partial charge in [-0.15, -0.1) is 0 Å². The van der Waals surface area contributed by atoms with Crippen LogP contribution in [-0.4, -0.2) is 12.6 Å². The molecule has 0 saturated heterocycles. The van der Waals surface area contributed by atoms with E-state index in [0.29, 0.717) is 12.2 Å². The van der Waals surface area contributed by atoms with E-state index < -0.39 is 0 Å². The van der Waals surface area contributed by atoms with Gasteiger partial charge in [0.05, 0.1) is 12.2 Å². The van der Waals surface area contributed by atoms with E-state index in [9.17, 15) is 4.79 Å². The molecule has 2 rings (SSSR count). The molecule has 0 bridgehead atoms. The van der Waals surface area contributed by atoms with Crippen molar-refractivity contribution in [3.05, 3.63) is 65.2 Å². The van der Waals surface area contributed by atoms with Gasteiger partial charge in [0.2, 0.25) is 0 Å². The van der Waals surface area contributed by atoms with Gasteiger partial charge in [0.25, 0.3) is 0 Å². The van der Waals surface area contributed by atoms with E-state index >= 15 is 0 Å². The predicted octanol–water partition coefficient (Wildman–Crippen LogP) is 3.04. The van der Waals surface area contributed by atoms with E-state index in [1.54, 1.807) is 19.1 Å². The van der Waals surface area contributed by atoms with Crippen molar-refractivity contribution in [2.75, 3.05) is 12.3 Å². The molecule has 0 spiro atoms. The molecule has 2 aromatic rings. The van der Waals surface area contributed by atoms with Crippen molar-refractivity contribution in [1.29, 1.82) is 0 Å². The van der Waals surface area contributed by atoms with Gasteiger partial charge < -0.3 is 10.5 Å². The average Bonchev–Trinajstić information content (AvgIpc) is 2.42. The van der Waals surface area contributed by atoms with Gasteiger partial charge in [0.15, 0.2) is 0 Å². The Morgan fingerprint density at radius 3 is 2.05 bits per heavy atom. The van der Waals surface area contributed by atoms with E-state index in [0.717, 1.165) is 17.7 Å². The number of anilines is 1. The minimum absolute atomic E-state index is 0.276. The summed E-state index contributed by atoms with van der Waals surface area (Å²) in [4.78, 5) is 11.5. The lowest BCUT2D eigenvalue weighted by atomic mass is 10.0. The molecule has 0 fully saturated rings. The summed E-state index contributed by atoms with van der Waals surface area (Å²) in [5.41, 5.74) is 9.34. The van der Waals surface area contributed by atoms with Crippen LogP contribution < -0.4 is 5.73 Å². The number of nitrogen functional groups attached to an aromatic ring is 1. The Morgan fingerprint density at radius 1 is 1.00 bits per heavy atom. The fraction of sp³-hybridized carbons (Fsp3) is 0.188. The maximum Gasteiger partial charge on any atom is 0.338 e. The maximum absolute atomic E-state index is 11.5. The lowest BCUT2D eigenvalue weighted by molar-refractivity contribution is 0.0526. The smallest absolute Gasteiger partial charge is 0.338 e. The zero-order valence-electron chi connectivity index (χ0n) is 10.9. The van der Waals surface area contributed by atoms with Crippen LogP contribution in [-0.2, 0) is 11.2 Å². The molecule has 2 N–H and O–H groups in total. The maximum atomic E-state index is 11.5. The van der Waals surface area contributed by atoms with Gasteiger partial charge in [-0.3, -0.25) is 0 Å². The monoisotopic (exact) mass is 255 g/mol. The molecule has 0 atom stereocenters. The number of hydrogen-bond donors (Lipinski definition) is 1. The third kappa shape index (κ3) is 3.58. The van der Waals surface area contributed by atoms with Crippen LogP contribution in [0.5, 0.6) is 0 Å². The number of hydrogen-bond acceptors (Lipinski definition) is 3. The Morgan fingerprint density at radius 2 is 1.53 bits per heavy atom. The highest BCUT2D eigenvalue weighted by atomic mass is 16.5. The van der Waals surface area contributed by atoms with Crippen LogP contribution in [0.1, 0.15) is 28.4 Å². The van der Waals surface area contributed by atoms with Crippen LogP contribution in [0.25, 0.3) is 0 Å². The first kappa shape index (κ1) is 13.1. The summed E-state index contributed by atoms with van der Waals surface area (Å²) < 4.78 is 4.95. The number of benzene rings is 2. The molecule has 0 aliphatic rings. The Bertz CT molecular complexity index is 544. The molecular formula is C16H17NO2. The highest BCUT2D eigenvalue weighted by molar-refractivity contribution is 5.89. The second-order valence-corrected chi connectivity index (χ2v) is 4.34. The van der Waals surface area contributed by atoms with Gasteiger partial charge >= 0.3 is 5.97 Å². The second-order valence-electron chi connectivity index (χ2n) is 4.34. The SMILES string of the molecule is CCOC(=O)c1ccc(Cc2ccc(N)cc2)cc1. The number of carbonyl (C=O) groups is 1. The molecule has 2 aromatic carbocycles. The highest BCUT2D eigenvalue weighted by Gasteiger charge is 2.05. The molecule has 19 heavy (non-hydrogen) atoms. The lowest BCUT2D eigenvalue weighted by Crippen LogP contribution is -2.04. The van der Waals surface area contributed by atoms with Crippen LogP contribution in [0, 0.1) is 0 Å². The minimum atomic E-state index is -0.276. The van der Waals surface area contributed by atoms with Crippen molar-refractivity contribution in [3.8, 4) is 0 Å². The topological polar surface area (TPSA) is 52.3 Å². The Kier molecular flexibility index (Phi) is 4.18. The number of rotatable bonds is 4. The third-order valence-electron chi connectivity index (χ3n) is 2.85. The summed E-state index contributed by atoms with van der Waals surface area (Å²) in [6.45, 7) is 2.19. The normalized spacial score (nSPS) is 10.2. The summed E-state index contributed by atoms with van der Waals surface area (Å²) in [7, 11) is 0. The zero-order valence-corrected chi connectivity index (χ0v) is 10.9. The van der Waals surface area contributed by atoms with Crippen molar-refractivity contribution in [2.24, 2.45) is 0 Å². The number of ether oxygens (including phenoxy) is 1. The quantitative estimate of drug-likeness (QED) is 0.675. The summed E-state index contributed by atoms with van der Waals surface area (Å²) in [5, 5.41) is 0. The van der Waals surface area contributed by atoms with Crippen molar-refractivity contribution in [1.82, 2.24) is 0 Å². The predicted molar refractivity (Wildman–Crippen MR) is 76.1 cm³/mol. The van der Waals surface area contributed by atoms with E-state index in [1.165, 1.54) is 5.56 Å². The molecule has 0 aromatic heterocycles. The molecule has 0 amide bonds. The van der Waals surface area contributed by atoms with E-state index in [2.05, 4.69) is 0 Å². The summed E-state index contributed by atoms with van der Waals surface area (Å²) in [6, 6.07) is 15.3. The van der Waals surface area contributed by atoms with Crippen molar-refractivity contribution >= 4 is 11.7 Å². The van der Waals surface area contributed by atoms with Crippen LogP contribution in [0.3, 0.4) is 0 Å². The van der Waals surface area contributed by atoms with E-state index in [-0.39, 0.29) is 5.97 Å². The lowest BCUT2D eigenvalue weighted by Gasteiger charge is -2.05. The fourth-order valence-electron chi connectivity index (χ4n) is 1.84. The van der Waals surface area contributed by atoms with E-state index in [4.69, 9.17) is 10.5 Å². The molecule has 98 valence electrons. The molecule has 0 radical (unpaired) electrons. The minimum Gasteiger partial charge on any atom is -0.462 e. The van der Waals surface area contributed by atoms with Gasteiger partial charge in [0, 0.05) is 5.69 Å². The molecule has 0 saturated carbocycles. The van der Waals surface area contributed by atoms with Gasteiger partial charge in [-0.1, -0.05) is 24.3 Å². The Labute approximate surface area is 113 Å². The zero-order chi connectivity index (χ0) is 13.7. The third-order valence-corrected chi connectivity index (χ3v) is 2.85. The van der Waals surface area contributed by atoms with Gasteiger partial charge in [-0.25, -0.2) is 4.79 Å². The van der Waals surface area contributed by atoms with Crippen molar-refractivity contribution in [2.45, 2.75) is 13.3 Å². The van der Waals surface area contributed by atoms with Crippen molar-refractivity contribution in [3.63, 3.8) is 0 Å². The summed E-state index contributed by atoms with van der Waals surface area (Å²) >= 11 is 0. The van der Waals surface area contributed by atoms with E-state index in [1.807, 2.05) is 36.4 Å². The molecule has 0 unspecified atom stereocenters.